The van der Waals surface area contributed by atoms with E-state index in [2.05, 4.69) is 20.3 Å². The number of nitrogens with zero attached hydrogens (tertiary/aromatic N) is 4. The van der Waals surface area contributed by atoms with Gasteiger partial charge in [-0.15, -0.1) is 0 Å². The SMILES string of the molecule is COc1cc(CNC(=O)c2cc3c(=O)n(Cc4ccc(C(=O)O)cc4)cnc3cn2)ccn1. The summed E-state index contributed by atoms with van der Waals surface area (Å²) in [4.78, 5) is 49.0. The van der Waals surface area contributed by atoms with E-state index in [1.165, 1.54) is 42.4 Å². The van der Waals surface area contributed by atoms with Crippen LogP contribution in [0.25, 0.3) is 10.9 Å². The fourth-order valence-electron chi connectivity index (χ4n) is 3.19. The number of ether oxygens (including phenoxy) is 1. The molecule has 0 fully saturated rings. The van der Waals surface area contributed by atoms with Crippen molar-refractivity contribution in [1.29, 1.82) is 0 Å². The van der Waals surface area contributed by atoms with Crippen LogP contribution >= 0.6 is 0 Å². The van der Waals surface area contributed by atoms with E-state index in [-0.39, 0.29) is 35.3 Å². The van der Waals surface area contributed by atoms with Crippen LogP contribution in [0.5, 0.6) is 5.88 Å². The van der Waals surface area contributed by atoms with Crippen molar-refractivity contribution >= 4 is 22.8 Å². The van der Waals surface area contributed by atoms with Gasteiger partial charge in [0.15, 0.2) is 0 Å². The molecule has 33 heavy (non-hydrogen) atoms. The number of carboxylic acids is 1. The van der Waals surface area contributed by atoms with Crippen molar-refractivity contribution in [3.63, 3.8) is 0 Å². The first kappa shape index (κ1) is 21.6. The molecular formula is C23H19N5O5. The van der Waals surface area contributed by atoms with Gasteiger partial charge in [-0.2, -0.15) is 0 Å². The monoisotopic (exact) mass is 445 g/mol. The van der Waals surface area contributed by atoms with Crippen molar-refractivity contribution in [2.75, 3.05) is 7.11 Å². The molecule has 0 aliphatic carbocycles. The van der Waals surface area contributed by atoms with Crippen molar-refractivity contribution in [3.05, 3.63) is 93.9 Å². The molecule has 0 atom stereocenters. The number of benzene rings is 1. The number of nitrogens with one attached hydrogen (secondary N) is 1. The average molecular weight is 445 g/mol. The van der Waals surface area contributed by atoms with Crippen molar-refractivity contribution < 1.29 is 19.4 Å². The Bertz CT molecular complexity index is 1400. The van der Waals surface area contributed by atoms with Gasteiger partial charge in [0.25, 0.3) is 11.5 Å². The van der Waals surface area contributed by atoms with Crippen LogP contribution in [0.1, 0.15) is 32.0 Å². The van der Waals surface area contributed by atoms with Gasteiger partial charge in [0, 0.05) is 18.8 Å². The molecule has 0 unspecified atom stereocenters. The Morgan fingerprint density at radius 1 is 1.06 bits per heavy atom. The highest BCUT2D eigenvalue weighted by molar-refractivity contribution is 5.95. The lowest BCUT2D eigenvalue weighted by atomic mass is 10.1. The predicted molar refractivity (Wildman–Crippen MR) is 118 cm³/mol. The van der Waals surface area contributed by atoms with Gasteiger partial charge in [-0.3, -0.25) is 14.2 Å². The van der Waals surface area contributed by atoms with Gasteiger partial charge < -0.3 is 15.2 Å². The van der Waals surface area contributed by atoms with Crippen molar-refractivity contribution in [2.45, 2.75) is 13.1 Å². The fourth-order valence-corrected chi connectivity index (χ4v) is 3.19. The molecule has 10 heteroatoms. The first-order chi connectivity index (χ1) is 15.9. The molecule has 0 radical (unpaired) electrons. The van der Waals surface area contributed by atoms with E-state index in [9.17, 15) is 14.4 Å². The zero-order valence-corrected chi connectivity index (χ0v) is 17.6. The van der Waals surface area contributed by atoms with Gasteiger partial charge in [0.05, 0.1) is 42.6 Å². The molecule has 10 nitrogen and oxygen atoms in total. The van der Waals surface area contributed by atoms with E-state index in [1.54, 1.807) is 30.5 Å². The van der Waals surface area contributed by atoms with Gasteiger partial charge in [0.2, 0.25) is 5.88 Å². The Morgan fingerprint density at radius 3 is 2.58 bits per heavy atom. The Balaban J connectivity index is 1.54. The lowest BCUT2D eigenvalue weighted by Crippen LogP contribution is -2.25. The topological polar surface area (TPSA) is 136 Å². The maximum atomic E-state index is 13.0. The second-order valence-electron chi connectivity index (χ2n) is 7.16. The largest absolute Gasteiger partial charge is 0.481 e. The Kier molecular flexibility index (Phi) is 6.07. The number of aromatic nitrogens is 4. The number of pyridine rings is 2. The normalized spacial score (nSPS) is 10.7. The summed E-state index contributed by atoms with van der Waals surface area (Å²) in [6.07, 6.45) is 4.36. The summed E-state index contributed by atoms with van der Waals surface area (Å²) < 4.78 is 6.46. The highest BCUT2D eigenvalue weighted by Crippen LogP contribution is 2.11. The summed E-state index contributed by atoms with van der Waals surface area (Å²) in [5.74, 6) is -1.02. The Hall–Kier alpha value is -4.60. The molecule has 4 rings (SSSR count). The number of amides is 1. The lowest BCUT2D eigenvalue weighted by Gasteiger charge is -2.09. The molecule has 3 heterocycles. The number of carboxylic acid groups (broad SMARTS) is 1. The van der Waals surface area contributed by atoms with Crippen LogP contribution in [-0.2, 0) is 13.1 Å². The first-order valence-corrected chi connectivity index (χ1v) is 9.89. The lowest BCUT2D eigenvalue weighted by molar-refractivity contribution is 0.0696. The zero-order chi connectivity index (χ0) is 23.4. The molecule has 0 saturated heterocycles. The second-order valence-corrected chi connectivity index (χ2v) is 7.16. The average Bonchev–Trinajstić information content (AvgIpc) is 2.84. The first-order valence-electron chi connectivity index (χ1n) is 9.89. The second kappa shape index (κ2) is 9.27. The van der Waals surface area contributed by atoms with Crippen molar-refractivity contribution in [3.8, 4) is 5.88 Å². The number of carbonyl (C=O) groups is 2. The van der Waals surface area contributed by atoms with Crippen molar-refractivity contribution in [2.24, 2.45) is 0 Å². The smallest absolute Gasteiger partial charge is 0.335 e. The predicted octanol–water partition coefficient (Wildman–Crippen LogP) is 1.87. The number of fused-ring (bicyclic) bond motifs is 1. The van der Waals surface area contributed by atoms with Crippen LogP contribution in [0.3, 0.4) is 0 Å². The summed E-state index contributed by atoms with van der Waals surface area (Å²) in [6.45, 7) is 0.441. The molecule has 0 aliphatic rings. The summed E-state index contributed by atoms with van der Waals surface area (Å²) in [5, 5.41) is 12.0. The van der Waals surface area contributed by atoms with Gasteiger partial charge in [0.1, 0.15) is 5.69 Å². The van der Waals surface area contributed by atoms with Crippen LogP contribution < -0.4 is 15.6 Å². The third-order valence-corrected chi connectivity index (χ3v) is 4.96. The highest BCUT2D eigenvalue weighted by atomic mass is 16.5. The van der Waals surface area contributed by atoms with E-state index in [4.69, 9.17) is 9.84 Å². The number of hydrogen-bond donors (Lipinski definition) is 2. The van der Waals surface area contributed by atoms with Crippen molar-refractivity contribution in [1.82, 2.24) is 24.8 Å². The maximum absolute atomic E-state index is 13.0. The molecule has 2 N–H and O–H groups in total. The van der Waals surface area contributed by atoms with E-state index in [0.29, 0.717) is 11.4 Å². The van der Waals surface area contributed by atoms with Crippen LogP contribution in [0.2, 0.25) is 0 Å². The fraction of sp³-hybridized carbons (Fsp3) is 0.130. The molecule has 3 aromatic heterocycles. The maximum Gasteiger partial charge on any atom is 0.335 e. The standard InChI is InChI=1S/C23H19N5O5/c1-33-20-8-15(6-7-24-20)10-26-21(29)18-9-17-19(11-25-18)27-13-28(22(17)30)12-14-2-4-16(5-3-14)23(31)32/h2-9,11,13H,10,12H2,1H3,(H,26,29)(H,31,32). The molecule has 0 spiro atoms. The zero-order valence-electron chi connectivity index (χ0n) is 17.6. The number of methoxy groups -OCH3 is 1. The molecule has 0 aliphatic heterocycles. The van der Waals surface area contributed by atoms with Crippen LogP contribution in [0, 0.1) is 0 Å². The molecular weight excluding hydrogens is 426 g/mol. The van der Waals surface area contributed by atoms with Crippen LogP contribution in [0.15, 0.2) is 66.0 Å². The van der Waals surface area contributed by atoms with Gasteiger partial charge >= 0.3 is 5.97 Å². The molecule has 166 valence electrons. The minimum atomic E-state index is -1.02. The van der Waals surface area contributed by atoms with Gasteiger partial charge in [-0.1, -0.05) is 12.1 Å². The van der Waals surface area contributed by atoms with Gasteiger partial charge in [-0.05, 0) is 35.4 Å². The van der Waals surface area contributed by atoms with E-state index in [0.717, 1.165) is 11.1 Å². The molecule has 1 aromatic carbocycles. The summed E-state index contributed by atoms with van der Waals surface area (Å²) in [5.41, 5.74) is 1.82. The quantitative estimate of drug-likeness (QED) is 0.440. The molecule has 0 saturated carbocycles. The van der Waals surface area contributed by atoms with Gasteiger partial charge in [-0.25, -0.2) is 19.7 Å². The Morgan fingerprint density at radius 2 is 1.85 bits per heavy atom. The number of carbonyl (C=O) groups excluding carboxylic acids is 1. The molecule has 4 aromatic rings. The minimum Gasteiger partial charge on any atom is -0.481 e. The third kappa shape index (κ3) is 4.85. The number of hydrogen-bond acceptors (Lipinski definition) is 7. The van der Waals surface area contributed by atoms with E-state index < -0.39 is 11.9 Å². The van der Waals surface area contributed by atoms with E-state index >= 15 is 0 Å². The summed E-state index contributed by atoms with van der Waals surface area (Å²) >= 11 is 0. The highest BCUT2D eigenvalue weighted by Gasteiger charge is 2.12. The third-order valence-electron chi connectivity index (χ3n) is 4.96. The summed E-state index contributed by atoms with van der Waals surface area (Å²) in [7, 11) is 1.51. The number of aromatic carboxylic acids is 1. The Labute approximate surface area is 187 Å². The molecule has 1 amide bonds. The van der Waals surface area contributed by atoms with E-state index in [1.807, 2.05) is 0 Å². The number of rotatable bonds is 7. The van der Waals surface area contributed by atoms with Crippen LogP contribution in [0.4, 0.5) is 0 Å². The summed E-state index contributed by atoms with van der Waals surface area (Å²) in [6, 6.07) is 11.1. The molecule has 0 bridgehead atoms. The minimum absolute atomic E-state index is 0.0889. The van der Waals surface area contributed by atoms with Crippen LogP contribution in [-0.4, -0.2) is 43.6 Å².